The molecule has 0 aliphatic heterocycles. The molecule has 4 aliphatic carbocycles. The summed E-state index contributed by atoms with van der Waals surface area (Å²) in [7, 11) is 0. The van der Waals surface area contributed by atoms with Gasteiger partial charge in [-0.3, -0.25) is 9.59 Å². The van der Waals surface area contributed by atoms with Crippen LogP contribution < -0.4 is 0 Å². The lowest BCUT2D eigenvalue weighted by atomic mass is 9.41. The summed E-state index contributed by atoms with van der Waals surface area (Å²) in [4.78, 5) is 25.1. The molecule has 5 nitrogen and oxygen atoms in total. The molecule has 11 atom stereocenters. The van der Waals surface area contributed by atoms with Crippen molar-refractivity contribution in [3.8, 4) is 0 Å². The number of carbonyl (C=O) groups is 2. The maximum atomic E-state index is 13.9. The maximum Gasteiger partial charge on any atom is 0.303 e. The second-order valence-electron chi connectivity index (χ2n) is 11.9. The summed E-state index contributed by atoms with van der Waals surface area (Å²) >= 11 is 0. The number of aliphatic carboxylic acids is 1. The van der Waals surface area contributed by atoms with Crippen LogP contribution in [-0.4, -0.2) is 39.3 Å². The van der Waals surface area contributed by atoms with Crippen molar-refractivity contribution in [2.75, 3.05) is 0 Å². The Kier molecular flexibility index (Phi) is 6.09. The number of aliphatic hydroxyl groups excluding tert-OH is 2. The van der Waals surface area contributed by atoms with Crippen molar-refractivity contribution in [3.05, 3.63) is 0 Å². The zero-order valence-corrected chi connectivity index (χ0v) is 19.7. The van der Waals surface area contributed by atoms with Crippen molar-refractivity contribution in [3.63, 3.8) is 0 Å². The molecule has 0 bridgehead atoms. The first-order valence-corrected chi connectivity index (χ1v) is 12.7. The number of carboxylic acids is 1. The Morgan fingerprint density at radius 3 is 2.45 bits per heavy atom. The van der Waals surface area contributed by atoms with E-state index in [1.54, 1.807) is 0 Å². The van der Waals surface area contributed by atoms with Crippen LogP contribution in [0.4, 0.5) is 0 Å². The average Bonchev–Trinajstić information content (AvgIpc) is 3.07. The first kappa shape index (κ1) is 23.2. The van der Waals surface area contributed by atoms with Gasteiger partial charge in [0, 0.05) is 23.7 Å². The topological polar surface area (TPSA) is 94.8 Å². The standard InChI is InChI=1S/C26H42O5/c1-5-16-19-12-15(27)10-11-25(19,3)20-13-21(28)26(4)17(14(2)6-9-22(29)30)7-8-18(26)23(20)24(16)31/h14-21,23,27-28H,5-13H2,1-4H3,(H,29,30)/t14-,15-,16-,17?,18?,19+,20?,21+,23?,25+,26-/m1/s1. The fourth-order valence-electron chi connectivity index (χ4n) is 9.12. The first-order valence-electron chi connectivity index (χ1n) is 12.7. The van der Waals surface area contributed by atoms with Crippen molar-refractivity contribution in [1.29, 1.82) is 0 Å². The normalized spacial score (nSPS) is 50.3. The molecule has 4 unspecified atom stereocenters. The monoisotopic (exact) mass is 434 g/mol. The van der Waals surface area contributed by atoms with Crippen molar-refractivity contribution in [2.45, 2.75) is 97.7 Å². The molecule has 5 heteroatoms. The predicted molar refractivity (Wildman–Crippen MR) is 118 cm³/mol. The molecule has 3 N–H and O–H groups in total. The number of carboxylic acid groups (broad SMARTS) is 1. The van der Waals surface area contributed by atoms with Gasteiger partial charge in [0.05, 0.1) is 12.2 Å². The van der Waals surface area contributed by atoms with Crippen molar-refractivity contribution < 1.29 is 24.9 Å². The number of hydrogen-bond donors (Lipinski definition) is 3. The molecule has 0 aromatic rings. The highest BCUT2D eigenvalue weighted by molar-refractivity contribution is 5.86. The molecule has 4 saturated carbocycles. The third-order valence-corrected chi connectivity index (χ3v) is 10.8. The van der Waals surface area contributed by atoms with Gasteiger partial charge in [-0.25, -0.2) is 0 Å². The largest absolute Gasteiger partial charge is 0.481 e. The van der Waals surface area contributed by atoms with Gasteiger partial charge in [-0.1, -0.05) is 27.7 Å². The molecular formula is C26H42O5. The van der Waals surface area contributed by atoms with Gasteiger partial charge in [0.1, 0.15) is 5.78 Å². The molecule has 176 valence electrons. The number of fused-ring (bicyclic) bond motifs is 5. The molecule has 0 saturated heterocycles. The highest BCUT2D eigenvalue weighted by Gasteiger charge is 2.67. The molecule has 31 heavy (non-hydrogen) atoms. The van der Waals surface area contributed by atoms with Crippen molar-refractivity contribution >= 4 is 11.8 Å². The van der Waals surface area contributed by atoms with E-state index in [0.29, 0.717) is 18.6 Å². The van der Waals surface area contributed by atoms with Gasteiger partial charge in [0.25, 0.3) is 0 Å². The van der Waals surface area contributed by atoms with Gasteiger partial charge >= 0.3 is 5.97 Å². The van der Waals surface area contributed by atoms with E-state index in [4.69, 9.17) is 5.11 Å². The third-order valence-electron chi connectivity index (χ3n) is 10.8. The lowest BCUT2D eigenvalue weighted by Crippen LogP contribution is -2.63. The van der Waals surface area contributed by atoms with Crippen LogP contribution in [0, 0.1) is 52.3 Å². The van der Waals surface area contributed by atoms with Gasteiger partial charge in [0.15, 0.2) is 0 Å². The highest BCUT2D eigenvalue weighted by atomic mass is 16.4. The first-order chi connectivity index (χ1) is 14.6. The van der Waals surface area contributed by atoms with E-state index in [1.807, 2.05) is 0 Å². The van der Waals surface area contributed by atoms with Gasteiger partial charge in [0.2, 0.25) is 0 Å². The third kappa shape index (κ3) is 3.40. The minimum Gasteiger partial charge on any atom is -0.481 e. The zero-order valence-electron chi connectivity index (χ0n) is 19.7. The highest BCUT2D eigenvalue weighted by Crippen LogP contribution is 2.68. The summed E-state index contributed by atoms with van der Waals surface area (Å²) in [6, 6.07) is 0. The minimum absolute atomic E-state index is 0.00603. The van der Waals surface area contributed by atoms with Gasteiger partial charge in [-0.2, -0.15) is 0 Å². The smallest absolute Gasteiger partial charge is 0.303 e. The van der Waals surface area contributed by atoms with E-state index in [1.165, 1.54) is 0 Å². The van der Waals surface area contributed by atoms with E-state index in [2.05, 4.69) is 27.7 Å². The lowest BCUT2D eigenvalue weighted by Gasteiger charge is -2.63. The fourth-order valence-corrected chi connectivity index (χ4v) is 9.12. The molecule has 0 radical (unpaired) electrons. The van der Waals surface area contributed by atoms with E-state index < -0.39 is 12.1 Å². The Hall–Kier alpha value is -0.940. The number of Topliss-reactive ketones (excluding diaryl/α,β-unsaturated/α-hetero) is 1. The molecule has 0 amide bonds. The summed E-state index contributed by atoms with van der Waals surface area (Å²) in [6.07, 6.45) is 5.95. The summed E-state index contributed by atoms with van der Waals surface area (Å²) in [6.45, 7) is 8.79. The molecule has 0 heterocycles. The predicted octanol–water partition coefficient (Wildman–Crippen LogP) is 4.29. The number of ketones is 1. The van der Waals surface area contributed by atoms with Gasteiger partial charge < -0.3 is 15.3 Å². The van der Waals surface area contributed by atoms with Crippen molar-refractivity contribution in [2.24, 2.45) is 52.3 Å². The number of aliphatic hydroxyl groups is 2. The number of rotatable bonds is 5. The second-order valence-corrected chi connectivity index (χ2v) is 11.9. The van der Waals surface area contributed by atoms with E-state index in [-0.39, 0.29) is 64.8 Å². The summed E-state index contributed by atoms with van der Waals surface area (Å²) in [5.41, 5.74) is -0.307. The fraction of sp³-hybridized carbons (Fsp3) is 0.923. The average molecular weight is 435 g/mol. The molecule has 4 fully saturated rings. The molecule has 0 aromatic carbocycles. The van der Waals surface area contributed by atoms with Crippen LogP contribution in [0.15, 0.2) is 0 Å². The Labute approximate surface area is 187 Å². The van der Waals surface area contributed by atoms with Crippen LogP contribution in [0.3, 0.4) is 0 Å². The quantitative estimate of drug-likeness (QED) is 0.600. The van der Waals surface area contributed by atoms with E-state index >= 15 is 0 Å². The van der Waals surface area contributed by atoms with Crippen LogP contribution >= 0.6 is 0 Å². The summed E-state index contributed by atoms with van der Waals surface area (Å²) in [5, 5.41) is 31.1. The molecular weight excluding hydrogens is 392 g/mol. The molecule has 4 aliphatic rings. The molecule has 0 aromatic heterocycles. The zero-order chi connectivity index (χ0) is 22.7. The Morgan fingerprint density at radius 1 is 1.10 bits per heavy atom. The number of carbonyl (C=O) groups excluding carboxylic acids is 1. The summed E-state index contributed by atoms with van der Waals surface area (Å²) in [5.74, 6) is 0.749. The second kappa shape index (κ2) is 8.13. The van der Waals surface area contributed by atoms with Crippen LogP contribution in [0.25, 0.3) is 0 Å². The van der Waals surface area contributed by atoms with Crippen molar-refractivity contribution in [1.82, 2.24) is 0 Å². The van der Waals surface area contributed by atoms with Gasteiger partial charge in [-0.15, -0.1) is 0 Å². The number of hydrogen-bond acceptors (Lipinski definition) is 4. The van der Waals surface area contributed by atoms with E-state index in [9.17, 15) is 19.8 Å². The maximum absolute atomic E-state index is 13.9. The Morgan fingerprint density at radius 2 is 1.81 bits per heavy atom. The van der Waals surface area contributed by atoms with E-state index in [0.717, 1.165) is 38.5 Å². The Bertz CT molecular complexity index is 721. The molecule has 0 spiro atoms. The van der Waals surface area contributed by atoms with Gasteiger partial charge in [-0.05, 0) is 86.4 Å². The van der Waals surface area contributed by atoms with Crippen LogP contribution in [0.1, 0.15) is 85.5 Å². The van der Waals surface area contributed by atoms with Crippen LogP contribution in [-0.2, 0) is 9.59 Å². The SMILES string of the molecule is CC[C@H]1C(=O)C2C3CCC([C@H](C)CCC(=O)O)[C@@]3(C)[C@@H](O)CC2[C@@]2(C)CC[C@@H](O)C[C@@H]12. The van der Waals surface area contributed by atoms with Crippen LogP contribution in [0.2, 0.25) is 0 Å². The minimum atomic E-state index is -0.762. The Balaban J connectivity index is 1.67. The lowest BCUT2D eigenvalue weighted by molar-refractivity contribution is -0.192. The molecule has 4 rings (SSSR count). The van der Waals surface area contributed by atoms with Crippen LogP contribution in [0.5, 0.6) is 0 Å². The summed E-state index contributed by atoms with van der Waals surface area (Å²) < 4.78 is 0.